The molecule has 0 bridgehead atoms. The summed E-state index contributed by atoms with van der Waals surface area (Å²) in [7, 11) is 0. The van der Waals surface area contributed by atoms with Gasteiger partial charge in [-0.25, -0.2) is 4.79 Å². The summed E-state index contributed by atoms with van der Waals surface area (Å²) in [6.45, 7) is 0. The first-order valence-electron chi connectivity index (χ1n) is 1.11. The van der Waals surface area contributed by atoms with Crippen LogP contribution in [0.15, 0.2) is 0 Å². The first kappa shape index (κ1) is 6.42. The zero-order valence-corrected chi connectivity index (χ0v) is 3.36. The highest BCUT2D eigenvalue weighted by Crippen LogP contribution is 2.04. The highest BCUT2D eigenvalue weighted by molar-refractivity contribution is 7.77. The third kappa shape index (κ3) is 1.15. The normalized spacial score (nSPS) is 18.0. The standard InChI is InChI=1S/CO4S.CH4/c2-1-4-6(3)5-1;/h;1H4. The Hall–Kier alpha value is -0.580. The molecule has 0 unspecified atom stereocenters. The Kier molecular flexibility index (Phi) is 1.76. The molecule has 1 aliphatic heterocycles. The fourth-order valence-electron chi connectivity index (χ4n) is 0.117. The van der Waals surface area contributed by atoms with Crippen LogP contribution < -0.4 is 0 Å². The van der Waals surface area contributed by atoms with Crippen LogP contribution in [0.1, 0.15) is 7.43 Å². The molecule has 0 spiro atoms. The van der Waals surface area contributed by atoms with Crippen molar-refractivity contribution in [3.05, 3.63) is 0 Å². The van der Waals surface area contributed by atoms with Crippen molar-refractivity contribution in [3.63, 3.8) is 0 Å². The van der Waals surface area contributed by atoms with Crippen LogP contribution in [-0.2, 0) is 19.7 Å². The number of carbonyl (C=O) groups is 1. The van der Waals surface area contributed by atoms with E-state index in [1.165, 1.54) is 0 Å². The molecule has 1 saturated heterocycles. The van der Waals surface area contributed by atoms with E-state index in [1.807, 2.05) is 0 Å². The summed E-state index contributed by atoms with van der Waals surface area (Å²) in [6, 6.07) is 0. The molecule has 0 aliphatic carbocycles. The molecule has 4 nitrogen and oxygen atoms in total. The molecule has 0 amide bonds. The van der Waals surface area contributed by atoms with Crippen LogP contribution in [-0.4, -0.2) is 10.4 Å². The lowest BCUT2D eigenvalue weighted by atomic mass is 11.5. The smallest absolute Gasteiger partial charge is 0.299 e. The van der Waals surface area contributed by atoms with Gasteiger partial charge in [-0.3, -0.25) is 8.37 Å². The molecule has 7 heavy (non-hydrogen) atoms. The molecule has 0 aromatic heterocycles. The van der Waals surface area contributed by atoms with Crippen molar-refractivity contribution in [3.8, 4) is 0 Å². The summed E-state index contributed by atoms with van der Waals surface area (Å²) in [4.78, 5) is 9.47. The predicted octanol–water partition coefficient (Wildman–Crippen LogP) is 0.368. The van der Waals surface area contributed by atoms with E-state index in [0.29, 0.717) is 0 Å². The van der Waals surface area contributed by atoms with Gasteiger partial charge in [0.15, 0.2) is 0 Å². The van der Waals surface area contributed by atoms with Crippen LogP contribution in [0.2, 0.25) is 0 Å². The second kappa shape index (κ2) is 1.92. The quantitative estimate of drug-likeness (QED) is 0.468. The molecular formula is C2H4O4S. The minimum atomic E-state index is -1.77. The summed E-state index contributed by atoms with van der Waals surface area (Å²) in [5.41, 5.74) is 0. The van der Waals surface area contributed by atoms with E-state index in [2.05, 4.69) is 8.37 Å². The van der Waals surface area contributed by atoms with Crippen LogP contribution in [0.25, 0.3) is 0 Å². The number of rotatable bonds is 0. The van der Waals surface area contributed by atoms with Crippen molar-refractivity contribution in [1.82, 2.24) is 0 Å². The second-order valence-electron chi connectivity index (χ2n) is 0.621. The van der Waals surface area contributed by atoms with Crippen LogP contribution in [0.5, 0.6) is 0 Å². The zero-order valence-electron chi connectivity index (χ0n) is 2.54. The van der Waals surface area contributed by atoms with Gasteiger partial charge in [0.25, 0.3) is 0 Å². The molecule has 0 aromatic rings. The van der Waals surface area contributed by atoms with Gasteiger partial charge in [-0.2, -0.15) is 4.21 Å². The predicted molar refractivity (Wildman–Crippen MR) is 22.4 cm³/mol. The maximum Gasteiger partial charge on any atom is 0.541 e. The molecule has 0 atom stereocenters. The van der Waals surface area contributed by atoms with Gasteiger partial charge < -0.3 is 0 Å². The van der Waals surface area contributed by atoms with Gasteiger partial charge in [0.1, 0.15) is 0 Å². The Morgan fingerprint density at radius 3 is 1.86 bits per heavy atom. The fraction of sp³-hybridized carbons (Fsp3) is 0.500. The van der Waals surface area contributed by atoms with Crippen molar-refractivity contribution < 1.29 is 17.4 Å². The van der Waals surface area contributed by atoms with E-state index in [0.717, 1.165) is 0 Å². The third-order valence-corrected chi connectivity index (χ3v) is 0.816. The molecule has 1 aliphatic rings. The number of hydrogen-bond acceptors (Lipinski definition) is 4. The van der Waals surface area contributed by atoms with Gasteiger partial charge in [0.05, 0.1) is 0 Å². The average molecular weight is 124 g/mol. The summed E-state index contributed by atoms with van der Waals surface area (Å²) in [5.74, 6) is 0. The Labute approximate surface area is 43.3 Å². The Bertz CT molecular complexity index is 86.3. The lowest BCUT2D eigenvalue weighted by Gasteiger charge is -2.06. The molecule has 1 rings (SSSR count). The molecule has 0 saturated carbocycles. The topological polar surface area (TPSA) is 52.6 Å². The summed E-state index contributed by atoms with van der Waals surface area (Å²) in [6.07, 6.45) is -0.867. The van der Waals surface area contributed by atoms with Crippen LogP contribution in [0.3, 0.4) is 0 Å². The van der Waals surface area contributed by atoms with Gasteiger partial charge in [-0.15, -0.1) is 0 Å². The lowest BCUT2D eigenvalue weighted by Crippen LogP contribution is -2.22. The number of hydrogen-bond donors (Lipinski definition) is 0. The van der Waals surface area contributed by atoms with E-state index in [4.69, 9.17) is 0 Å². The van der Waals surface area contributed by atoms with Gasteiger partial charge in [-0.05, 0) is 0 Å². The molecular weight excluding hydrogens is 120 g/mol. The van der Waals surface area contributed by atoms with Crippen LogP contribution in [0.4, 0.5) is 4.79 Å². The van der Waals surface area contributed by atoms with Crippen molar-refractivity contribution >= 4 is 17.5 Å². The first-order chi connectivity index (χ1) is 2.79. The molecule has 1 heterocycles. The Balaban J connectivity index is 0.000000360. The Morgan fingerprint density at radius 1 is 1.43 bits per heavy atom. The summed E-state index contributed by atoms with van der Waals surface area (Å²) in [5, 5.41) is 0. The highest BCUT2D eigenvalue weighted by Gasteiger charge is 2.26. The molecule has 0 N–H and O–H groups in total. The molecule has 0 aromatic carbocycles. The van der Waals surface area contributed by atoms with E-state index >= 15 is 0 Å². The summed E-state index contributed by atoms with van der Waals surface area (Å²) >= 11 is -1.77. The number of carbonyl (C=O) groups excluding carboxylic acids is 1. The van der Waals surface area contributed by atoms with Crippen molar-refractivity contribution in [2.45, 2.75) is 7.43 Å². The minimum Gasteiger partial charge on any atom is -0.299 e. The largest absolute Gasteiger partial charge is 0.541 e. The third-order valence-electron chi connectivity index (χ3n) is 0.272. The molecule has 5 heteroatoms. The monoisotopic (exact) mass is 124 g/mol. The van der Waals surface area contributed by atoms with Gasteiger partial charge in [0, 0.05) is 0 Å². The summed E-state index contributed by atoms with van der Waals surface area (Å²) < 4.78 is 17.1. The van der Waals surface area contributed by atoms with E-state index < -0.39 is 17.5 Å². The van der Waals surface area contributed by atoms with Crippen molar-refractivity contribution in [2.24, 2.45) is 0 Å². The van der Waals surface area contributed by atoms with E-state index in [9.17, 15) is 9.00 Å². The fourth-order valence-corrected chi connectivity index (χ4v) is 0.352. The maximum atomic E-state index is 9.56. The van der Waals surface area contributed by atoms with E-state index in [1.54, 1.807) is 0 Å². The molecule has 1 fully saturated rings. The molecule has 42 valence electrons. The van der Waals surface area contributed by atoms with Crippen molar-refractivity contribution in [2.75, 3.05) is 0 Å². The SMILES string of the molecule is C.O=C1OS(=O)O1. The maximum absolute atomic E-state index is 9.56. The lowest BCUT2D eigenvalue weighted by molar-refractivity contribution is 0.120. The van der Waals surface area contributed by atoms with Crippen molar-refractivity contribution in [1.29, 1.82) is 0 Å². The minimum absolute atomic E-state index is 0. The van der Waals surface area contributed by atoms with Gasteiger partial charge in [-0.1, -0.05) is 7.43 Å². The van der Waals surface area contributed by atoms with E-state index in [-0.39, 0.29) is 7.43 Å². The van der Waals surface area contributed by atoms with Gasteiger partial charge in [0.2, 0.25) is 0 Å². The van der Waals surface area contributed by atoms with Gasteiger partial charge >= 0.3 is 17.5 Å². The molecule has 0 radical (unpaired) electrons. The average Bonchev–Trinajstić information content (AvgIpc) is 1.33. The first-order valence-corrected chi connectivity index (χ1v) is 2.11. The second-order valence-corrected chi connectivity index (χ2v) is 1.36. The zero-order chi connectivity index (χ0) is 4.57. The Morgan fingerprint density at radius 2 is 1.86 bits per heavy atom. The van der Waals surface area contributed by atoms with Crippen LogP contribution >= 0.6 is 0 Å². The van der Waals surface area contributed by atoms with Crippen LogP contribution in [0, 0.1) is 0 Å². The highest BCUT2D eigenvalue weighted by atomic mass is 32.2.